The summed E-state index contributed by atoms with van der Waals surface area (Å²) in [6, 6.07) is 1.35. The zero-order valence-corrected chi connectivity index (χ0v) is 8.60. The summed E-state index contributed by atoms with van der Waals surface area (Å²) in [7, 11) is 0. The number of hydrogen-bond acceptors (Lipinski definition) is 4. The molecule has 0 aromatic carbocycles. The Morgan fingerprint density at radius 1 is 1.64 bits per heavy atom. The lowest BCUT2D eigenvalue weighted by atomic mass is 10.2. The van der Waals surface area contributed by atoms with Crippen molar-refractivity contribution in [2.75, 3.05) is 13.1 Å². The van der Waals surface area contributed by atoms with E-state index in [4.69, 9.17) is 16.1 Å². The first-order valence-electron chi connectivity index (χ1n) is 4.58. The minimum absolute atomic E-state index is 0.203. The van der Waals surface area contributed by atoms with E-state index in [2.05, 4.69) is 0 Å². The minimum atomic E-state index is -1.01. The average molecular weight is 199 g/mol. The van der Waals surface area contributed by atoms with Crippen molar-refractivity contribution < 1.29 is 9.90 Å². The van der Waals surface area contributed by atoms with Gasteiger partial charge in [-0.25, -0.2) is 0 Å². The Bertz CT molecular complexity index is 223. The lowest BCUT2D eigenvalue weighted by Crippen LogP contribution is -2.45. The molecule has 0 aliphatic carbocycles. The molecular formula is C9H17N3O2. The molecule has 0 bridgehead atoms. The molecule has 1 unspecified atom stereocenters. The molecule has 1 atom stereocenters. The molecule has 0 heterocycles. The molecule has 5 heteroatoms. The first kappa shape index (κ1) is 12.9. The van der Waals surface area contributed by atoms with Crippen LogP contribution in [-0.4, -0.2) is 41.1 Å². The van der Waals surface area contributed by atoms with Crippen molar-refractivity contribution in [2.24, 2.45) is 5.73 Å². The summed E-state index contributed by atoms with van der Waals surface area (Å²) < 4.78 is 0. The van der Waals surface area contributed by atoms with Gasteiger partial charge >= 0.3 is 5.97 Å². The Balaban J connectivity index is 4.10. The van der Waals surface area contributed by atoms with E-state index in [1.807, 2.05) is 24.8 Å². The summed E-state index contributed by atoms with van der Waals surface area (Å²) in [4.78, 5) is 12.4. The topological polar surface area (TPSA) is 90.4 Å². The Morgan fingerprint density at radius 2 is 2.21 bits per heavy atom. The van der Waals surface area contributed by atoms with Crippen molar-refractivity contribution in [1.29, 1.82) is 5.26 Å². The highest BCUT2D eigenvalue weighted by molar-refractivity contribution is 5.73. The highest BCUT2D eigenvalue weighted by Gasteiger charge is 2.18. The highest BCUT2D eigenvalue weighted by Crippen LogP contribution is 2.00. The summed E-state index contributed by atoms with van der Waals surface area (Å²) in [6.45, 7) is 4.75. The standard InChI is InChI=1S/C9H17N3O2/c1-7(2)12(5-3-4-10)6-8(11)9(13)14/h7-8H,3,5-6,11H2,1-2H3,(H,13,14). The van der Waals surface area contributed by atoms with Gasteiger partial charge in [0.2, 0.25) is 0 Å². The van der Waals surface area contributed by atoms with Gasteiger partial charge in [-0.3, -0.25) is 9.69 Å². The van der Waals surface area contributed by atoms with Gasteiger partial charge in [0.1, 0.15) is 6.04 Å². The van der Waals surface area contributed by atoms with Crippen LogP contribution in [0.15, 0.2) is 0 Å². The number of carboxylic acid groups (broad SMARTS) is 1. The quantitative estimate of drug-likeness (QED) is 0.629. The molecule has 0 amide bonds. The molecule has 0 rings (SSSR count). The zero-order chi connectivity index (χ0) is 11.1. The van der Waals surface area contributed by atoms with Crippen LogP contribution < -0.4 is 5.73 Å². The van der Waals surface area contributed by atoms with E-state index < -0.39 is 12.0 Å². The van der Waals surface area contributed by atoms with Gasteiger partial charge in [-0.05, 0) is 13.8 Å². The maximum Gasteiger partial charge on any atom is 0.321 e. The van der Waals surface area contributed by atoms with Gasteiger partial charge in [0.15, 0.2) is 0 Å². The molecule has 3 N–H and O–H groups in total. The molecule has 0 aliphatic rings. The van der Waals surface area contributed by atoms with Gasteiger partial charge in [0.05, 0.1) is 6.07 Å². The lowest BCUT2D eigenvalue weighted by Gasteiger charge is -2.26. The third-order valence-electron chi connectivity index (χ3n) is 1.99. The number of nitriles is 1. The van der Waals surface area contributed by atoms with E-state index in [0.29, 0.717) is 13.0 Å². The molecule has 0 saturated carbocycles. The number of nitrogens with two attached hydrogens (primary N) is 1. The van der Waals surface area contributed by atoms with Crippen molar-refractivity contribution >= 4 is 5.97 Å². The maximum absolute atomic E-state index is 10.5. The second-order valence-corrected chi connectivity index (χ2v) is 3.44. The second kappa shape index (κ2) is 6.35. The largest absolute Gasteiger partial charge is 0.480 e. The van der Waals surface area contributed by atoms with Crippen LogP contribution in [-0.2, 0) is 4.79 Å². The van der Waals surface area contributed by atoms with Crippen LogP contribution in [0.5, 0.6) is 0 Å². The molecule has 0 saturated heterocycles. The van der Waals surface area contributed by atoms with Crippen molar-refractivity contribution in [3.63, 3.8) is 0 Å². The number of aliphatic carboxylic acids is 1. The number of carbonyl (C=O) groups is 1. The Labute approximate surface area is 84.1 Å². The van der Waals surface area contributed by atoms with Gasteiger partial charge in [-0.2, -0.15) is 5.26 Å². The summed E-state index contributed by atoms with van der Waals surface area (Å²) in [6.07, 6.45) is 0.393. The first-order valence-corrected chi connectivity index (χ1v) is 4.58. The molecular weight excluding hydrogens is 182 g/mol. The van der Waals surface area contributed by atoms with E-state index in [1.165, 1.54) is 0 Å². The summed E-state index contributed by atoms with van der Waals surface area (Å²) >= 11 is 0. The van der Waals surface area contributed by atoms with Crippen molar-refractivity contribution in [3.05, 3.63) is 0 Å². The van der Waals surface area contributed by atoms with Crippen LogP contribution in [0.25, 0.3) is 0 Å². The van der Waals surface area contributed by atoms with Crippen LogP contribution in [0.3, 0.4) is 0 Å². The smallest absolute Gasteiger partial charge is 0.321 e. The normalized spacial score (nSPS) is 12.9. The van der Waals surface area contributed by atoms with Gasteiger partial charge in [-0.15, -0.1) is 0 Å². The highest BCUT2D eigenvalue weighted by atomic mass is 16.4. The van der Waals surface area contributed by atoms with Crippen LogP contribution in [0.2, 0.25) is 0 Å². The van der Waals surface area contributed by atoms with Crippen LogP contribution in [0.1, 0.15) is 20.3 Å². The molecule has 5 nitrogen and oxygen atoms in total. The molecule has 80 valence electrons. The van der Waals surface area contributed by atoms with Crippen LogP contribution in [0.4, 0.5) is 0 Å². The summed E-state index contributed by atoms with van der Waals surface area (Å²) in [5, 5.41) is 17.0. The van der Waals surface area contributed by atoms with E-state index in [0.717, 1.165) is 0 Å². The third kappa shape index (κ3) is 4.80. The molecule has 0 spiro atoms. The van der Waals surface area contributed by atoms with Crippen molar-refractivity contribution in [1.82, 2.24) is 4.90 Å². The maximum atomic E-state index is 10.5. The fourth-order valence-corrected chi connectivity index (χ4v) is 1.08. The zero-order valence-electron chi connectivity index (χ0n) is 8.60. The fraction of sp³-hybridized carbons (Fsp3) is 0.778. The summed E-state index contributed by atoms with van der Waals surface area (Å²) in [5.74, 6) is -1.01. The Kier molecular flexibility index (Phi) is 5.84. The molecule has 0 radical (unpaired) electrons. The van der Waals surface area contributed by atoms with E-state index in [1.54, 1.807) is 0 Å². The van der Waals surface area contributed by atoms with E-state index in [-0.39, 0.29) is 12.6 Å². The van der Waals surface area contributed by atoms with Gasteiger partial charge < -0.3 is 10.8 Å². The minimum Gasteiger partial charge on any atom is -0.480 e. The van der Waals surface area contributed by atoms with Gasteiger partial charge in [0, 0.05) is 25.6 Å². The number of carboxylic acids is 1. The Morgan fingerprint density at radius 3 is 2.57 bits per heavy atom. The SMILES string of the molecule is CC(C)N(CCC#N)CC(N)C(=O)O. The number of nitrogens with zero attached hydrogens (tertiary/aromatic N) is 2. The number of hydrogen-bond donors (Lipinski definition) is 2. The predicted octanol–water partition coefficient (Wildman–Crippen LogP) is 0.0224. The van der Waals surface area contributed by atoms with Gasteiger partial charge in [0.25, 0.3) is 0 Å². The number of rotatable bonds is 6. The van der Waals surface area contributed by atoms with Crippen molar-refractivity contribution in [2.45, 2.75) is 32.4 Å². The van der Waals surface area contributed by atoms with Crippen LogP contribution >= 0.6 is 0 Å². The molecule has 0 aliphatic heterocycles. The van der Waals surface area contributed by atoms with Gasteiger partial charge in [-0.1, -0.05) is 0 Å². The van der Waals surface area contributed by atoms with Crippen molar-refractivity contribution in [3.8, 4) is 6.07 Å². The molecule has 0 fully saturated rings. The Hall–Kier alpha value is -1.12. The fourth-order valence-electron chi connectivity index (χ4n) is 1.08. The second-order valence-electron chi connectivity index (χ2n) is 3.44. The average Bonchev–Trinajstić information content (AvgIpc) is 2.10. The first-order chi connectivity index (χ1) is 6.49. The van der Waals surface area contributed by atoms with E-state index >= 15 is 0 Å². The molecule has 0 aromatic rings. The summed E-state index contributed by atoms with van der Waals surface area (Å²) in [5.41, 5.74) is 5.40. The van der Waals surface area contributed by atoms with E-state index in [9.17, 15) is 4.79 Å². The monoisotopic (exact) mass is 199 g/mol. The molecule has 0 aromatic heterocycles. The van der Waals surface area contributed by atoms with Crippen LogP contribution in [0, 0.1) is 11.3 Å². The molecule has 14 heavy (non-hydrogen) atoms. The third-order valence-corrected chi connectivity index (χ3v) is 1.99. The lowest BCUT2D eigenvalue weighted by molar-refractivity contribution is -0.139. The predicted molar refractivity (Wildman–Crippen MR) is 52.6 cm³/mol.